The monoisotopic (exact) mass is 473 g/mol. The van der Waals surface area contributed by atoms with Crippen molar-refractivity contribution in [3.05, 3.63) is 47.5 Å². The minimum Gasteiger partial charge on any atom is -0.494 e. The number of aliphatic imine (C=N–C) groups is 1. The molecule has 1 saturated heterocycles. The van der Waals surface area contributed by atoms with Crippen LogP contribution in [-0.2, 0) is 13.6 Å². The molecule has 6 nitrogen and oxygen atoms in total. The van der Waals surface area contributed by atoms with E-state index in [1.807, 2.05) is 24.0 Å². The third-order valence-electron chi connectivity index (χ3n) is 4.56. The number of rotatable bonds is 4. The average Bonchev–Trinajstić information content (AvgIpc) is 3.25. The van der Waals surface area contributed by atoms with Crippen molar-refractivity contribution in [2.45, 2.75) is 18.9 Å². The van der Waals surface area contributed by atoms with Gasteiger partial charge in [-0.25, -0.2) is 4.39 Å². The molecule has 1 atom stereocenters. The minimum atomic E-state index is -0.352. The molecule has 1 aliphatic rings. The van der Waals surface area contributed by atoms with Gasteiger partial charge in [-0.15, -0.1) is 24.0 Å². The number of methoxy groups -OCH3 is 1. The standard InChI is InChI=1S/C18H24FN5O.HI/c1-20-18(21-9-13-4-5-17(25-3)16(19)8-13)24-7-6-14(12-24)15-10-22-23(2)11-15;/h4-5,8,10-11,14H,6-7,9,12H2,1-3H3,(H,20,21);1H. The molecule has 0 saturated carbocycles. The largest absolute Gasteiger partial charge is 0.494 e. The molecular weight excluding hydrogens is 448 g/mol. The third-order valence-corrected chi connectivity index (χ3v) is 4.56. The molecule has 2 aromatic rings. The lowest BCUT2D eigenvalue weighted by atomic mass is 10.0. The number of ether oxygens (including phenoxy) is 1. The van der Waals surface area contributed by atoms with Crippen LogP contribution in [0.3, 0.4) is 0 Å². The second-order valence-electron chi connectivity index (χ2n) is 6.25. The fourth-order valence-corrected chi connectivity index (χ4v) is 3.21. The molecule has 8 heteroatoms. The Balaban J connectivity index is 0.00000243. The third kappa shape index (κ3) is 4.66. The van der Waals surface area contributed by atoms with E-state index in [0.717, 1.165) is 31.0 Å². The van der Waals surface area contributed by atoms with Crippen molar-refractivity contribution in [1.29, 1.82) is 0 Å². The van der Waals surface area contributed by atoms with Crippen molar-refractivity contribution in [3.8, 4) is 5.75 Å². The molecule has 0 amide bonds. The molecule has 142 valence electrons. The van der Waals surface area contributed by atoms with Crippen LogP contribution < -0.4 is 10.1 Å². The lowest BCUT2D eigenvalue weighted by Gasteiger charge is -2.21. The molecule has 1 N–H and O–H groups in total. The number of nitrogens with zero attached hydrogens (tertiary/aromatic N) is 4. The van der Waals surface area contributed by atoms with Gasteiger partial charge >= 0.3 is 0 Å². The number of likely N-dealkylation sites (tertiary alicyclic amines) is 1. The van der Waals surface area contributed by atoms with Crippen molar-refractivity contribution in [2.24, 2.45) is 12.0 Å². The van der Waals surface area contributed by atoms with Gasteiger partial charge in [0.05, 0.1) is 13.3 Å². The summed E-state index contributed by atoms with van der Waals surface area (Å²) in [6.07, 6.45) is 5.08. The van der Waals surface area contributed by atoms with Crippen molar-refractivity contribution in [1.82, 2.24) is 20.0 Å². The van der Waals surface area contributed by atoms with E-state index >= 15 is 0 Å². The van der Waals surface area contributed by atoms with Gasteiger partial charge in [0.25, 0.3) is 0 Å². The van der Waals surface area contributed by atoms with Crippen molar-refractivity contribution >= 4 is 29.9 Å². The summed E-state index contributed by atoms with van der Waals surface area (Å²) in [7, 11) is 5.17. The van der Waals surface area contributed by atoms with E-state index in [9.17, 15) is 4.39 Å². The van der Waals surface area contributed by atoms with Gasteiger partial charge in [-0.2, -0.15) is 5.10 Å². The molecule has 0 radical (unpaired) electrons. The van der Waals surface area contributed by atoms with Crippen LogP contribution in [0.4, 0.5) is 4.39 Å². The maximum absolute atomic E-state index is 13.8. The molecule has 1 aromatic heterocycles. The Kier molecular flexibility index (Phi) is 7.24. The first-order chi connectivity index (χ1) is 12.1. The van der Waals surface area contributed by atoms with Gasteiger partial charge in [-0.1, -0.05) is 6.07 Å². The molecule has 1 aromatic carbocycles. The van der Waals surface area contributed by atoms with Crippen LogP contribution in [0.5, 0.6) is 5.75 Å². The summed E-state index contributed by atoms with van der Waals surface area (Å²) in [6.45, 7) is 2.36. The van der Waals surface area contributed by atoms with E-state index < -0.39 is 0 Å². The maximum atomic E-state index is 13.8. The van der Waals surface area contributed by atoms with Gasteiger partial charge in [-0.3, -0.25) is 9.67 Å². The average molecular weight is 473 g/mol. The Morgan fingerprint density at radius 1 is 1.46 bits per heavy atom. The molecule has 1 unspecified atom stereocenters. The molecule has 26 heavy (non-hydrogen) atoms. The Bertz CT molecular complexity index is 764. The fraction of sp³-hybridized carbons (Fsp3) is 0.444. The number of benzene rings is 1. The highest BCUT2D eigenvalue weighted by atomic mass is 127. The lowest BCUT2D eigenvalue weighted by Crippen LogP contribution is -2.39. The van der Waals surface area contributed by atoms with Gasteiger partial charge in [0, 0.05) is 45.8 Å². The smallest absolute Gasteiger partial charge is 0.193 e. The summed E-state index contributed by atoms with van der Waals surface area (Å²) in [6, 6.07) is 4.98. The van der Waals surface area contributed by atoms with Crippen LogP contribution >= 0.6 is 24.0 Å². The summed E-state index contributed by atoms with van der Waals surface area (Å²) in [5.74, 6) is 1.20. The Morgan fingerprint density at radius 2 is 2.27 bits per heavy atom. The second-order valence-corrected chi connectivity index (χ2v) is 6.25. The summed E-state index contributed by atoms with van der Waals surface area (Å²) in [5.41, 5.74) is 2.11. The molecule has 0 aliphatic carbocycles. The number of hydrogen-bond acceptors (Lipinski definition) is 3. The predicted molar refractivity (Wildman–Crippen MR) is 111 cm³/mol. The first-order valence-corrected chi connectivity index (χ1v) is 8.37. The normalized spacial score (nSPS) is 17.2. The zero-order valence-corrected chi connectivity index (χ0v) is 17.6. The summed E-state index contributed by atoms with van der Waals surface area (Å²) in [4.78, 5) is 6.60. The van der Waals surface area contributed by atoms with E-state index in [1.165, 1.54) is 18.7 Å². The zero-order chi connectivity index (χ0) is 17.8. The van der Waals surface area contributed by atoms with Gasteiger partial charge in [0.2, 0.25) is 0 Å². The first kappa shape index (κ1) is 20.5. The molecule has 0 spiro atoms. The highest BCUT2D eigenvalue weighted by molar-refractivity contribution is 14.0. The van der Waals surface area contributed by atoms with Crippen LogP contribution in [0.2, 0.25) is 0 Å². The fourth-order valence-electron chi connectivity index (χ4n) is 3.21. The Hall–Kier alpha value is -1.84. The highest BCUT2D eigenvalue weighted by Gasteiger charge is 2.26. The number of nitrogens with one attached hydrogen (secondary N) is 1. The predicted octanol–water partition coefficient (Wildman–Crippen LogP) is 2.75. The van der Waals surface area contributed by atoms with E-state index in [-0.39, 0.29) is 35.5 Å². The number of halogens is 2. The first-order valence-electron chi connectivity index (χ1n) is 8.37. The van der Waals surface area contributed by atoms with E-state index in [1.54, 1.807) is 13.1 Å². The molecule has 1 aliphatic heterocycles. The quantitative estimate of drug-likeness (QED) is 0.422. The maximum Gasteiger partial charge on any atom is 0.193 e. The Labute approximate surface area is 170 Å². The SMILES string of the molecule is CN=C(NCc1ccc(OC)c(F)c1)N1CCC(c2cnn(C)c2)C1.I. The van der Waals surface area contributed by atoms with E-state index in [2.05, 4.69) is 26.5 Å². The summed E-state index contributed by atoms with van der Waals surface area (Å²) >= 11 is 0. The number of guanidine groups is 1. The number of aromatic nitrogens is 2. The highest BCUT2D eigenvalue weighted by Crippen LogP contribution is 2.26. The van der Waals surface area contributed by atoms with Crippen LogP contribution in [-0.4, -0.2) is 47.9 Å². The van der Waals surface area contributed by atoms with Crippen molar-refractivity contribution < 1.29 is 9.13 Å². The number of hydrogen-bond donors (Lipinski definition) is 1. The van der Waals surface area contributed by atoms with Crippen LogP contribution in [0, 0.1) is 5.82 Å². The van der Waals surface area contributed by atoms with Crippen LogP contribution in [0.1, 0.15) is 23.5 Å². The molecule has 1 fully saturated rings. The number of aryl methyl sites for hydroxylation is 1. The van der Waals surface area contributed by atoms with Crippen LogP contribution in [0.25, 0.3) is 0 Å². The molecule has 0 bridgehead atoms. The van der Waals surface area contributed by atoms with E-state index in [0.29, 0.717) is 12.5 Å². The van der Waals surface area contributed by atoms with E-state index in [4.69, 9.17) is 4.74 Å². The molecule has 2 heterocycles. The van der Waals surface area contributed by atoms with Crippen LogP contribution in [0.15, 0.2) is 35.6 Å². The minimum absolute atomic E-state index is 0. The van der Waals surface area contributed by atoms with Gasteiger partial charge in [-0.05, 0) is 29.7 Å². The zero-order valence-electron chi connectivity index (χ0n) is 15.3. The molecule has 3 rings (SSSR count). The van der Waals surface area contributed by atoms with Gasteiger partial charge in [0.15, 0.2) is 17.5 Å². The topological polar surface area (TPSA) is 54.7 Å². The summed E-state index contributed by atoms with van der Waals surface area (Å²) < 4.78 is 20.6. The second kappa shape index (κ2) is 9.20. The Morgan fingerprint density at radius 3 is 2.88 bits per heavy atom. The van der Waals surface area contributed by atoms with Crippen molar-refractivity contribution in [3.63, 3.8) is 0 Å². The summed E-state index contributed by atoms with van der Waals surface area (Å²) in [5, 5.41) is 7.57. The lowest BCUT2D eigenvalue weighted by molar-refractivity contribution is 0.386. The van der Waals surface area contributed by atoms with Crippen molar-refractivity contribution in [2.75, 3.05) is 27.2 Å². The molecular formula is C18H25FIN5O. The van der Waals surface area contributed by atoms with Gasteiger partial charge < -0.3 is 15.0 Å². The van der Waals surface area contributed by atoms with Gasteiger partial charge in [0.1, 0.15) is 0 Å².